The van der Waals surface area contributed by atoms with E-state index in [4.69, 9.17) is 4.74 Å². The number of alkyl halides is 4. The summed E-state index contributed by atoms with van der Waals surface area (Å²) in [5, 5.41) is 0. The molecule has 5 atom stereocenters. The number of pyridine rings is 1. The van der Waals surface area contributed by atoms with Crippen molar-refractivity contribution in [2.24, 2.45) is 16.7 Å². The number of likely N-dealkylation sites (tertiary alicyclic amines) is 1. The van der Waals surface area contributed by atoms with Crippen LogP contribution in [0.4, 0.5) is 17.6 Å². The van der Waals surface area contributed by atoms with Gasteiger partial charge in [0.15, 0.2) is 0 Å². The number of aromatic nitrogens is 2. The fourth-order valence-electron chi connectivity index (χ4n) is 8.03. The van der Waals surface area contributed by atoms with Gasteiger partial charge >= 0.3 is 11.9 Å². The first-order valence-electron chi connectivity index (χ1n) is 15.0. The number of hydrazine groups is 1. The Labute approximate surface area is 237 Å². The molecular formula is C29H40F4N6O2. The van der Waals surface area contributed by atoms with Crippen LogP contribution in [-0.4, -0.2) is 71.1 Å². The largest absolute Gasteiger partial charge is 0.418 e. The maximum atomic E-state index is 16.1. The van der Waals surface area contributed by atoms with E-state index in [-0.39, 0.29) is 23.5 Å². The second-order valence-electron chi connectivity index (χ2n) is 13.5. The summed E-state index contributed by atoms with van der Waals surface area (Å²) in [7, 11) is 1.86. The van der Waals surface area contributed by atoms with Crippen LogP contribution in [0.15, 0.2) is 23.3 Å². The molecule has 1 spiro atoms. The third-order valence-electron chi connectivity index (χ3n) is 11.0. The molecule has 2 aromatic rings. The number of imidazole rings is 1. The fourth-order valence-corrected chi connectivity index (χ4v) is 8.03. The first kappa shape index (κ1) is 27.8. The van der Waals surface area contributed by atoms with E-state index in [0.717, 1.165) is 32.4 Å². The molecule has 226 valence electrons. The molecule has 0 bridgehead atoms. The topological polar surface area (TPSA) is 66.2 Å². The molecule has 41 heavy (non-hydrogen) atoms. The predicted molar refractivity (Wildman–Crippen MR) is 145 cm³/mol. The van der Waals surface area contributed by atoms with E-state index in [1.165, 1.54) is 34.1 Å². The van der Waals surface area contributed by atoms with Crippen molar-refractivity contribution in [3.8, 4) is 0 Å². The third kappa shape index (κ3) is 4.56. The number of fused-ring (bicyclic) bond motifs is 1. The molecule has 0 radical (unpaired) electrons. The number of hydrogen-bond donors (Lipinski definition) is 2. The normalized spacial score (nSPS) is 31.5. The monoisotopic (exact) mass is 580 g/mol. The highest BCUT2D eigenvalue weighted by atomic mass is 19.4. The van der Waals surface area contributed by atoms with E-state index in [1.807, 2.05) is 18.9 Å². The van der Waals surface area contributed by atoms with Gasteiger partial charge in [-0.1, -0.05) is 6.42 Å². The van der Waals surface area contributed by atoms with Crippen molar-refractivity contribution in [1.29, 1.82) is 0 Å². The van der Waals surface area contributed by atoms with Crippen LogP contribution in [0.2, 0.25) is 0 Å². The Bertz CT molecular complexity index is 1370. The fraction of sp³-hybridized carbons (Fsp3) is 0.759. The molecule has 12 heteroatoms. The van der Waals surface area contributed by atoms with Crippen molar-refractivity contribution in [2.45, 2.75) is 82.5 Å². The lowest BCUT2D eigenvalue weighted by Gasteiger charge is -2.53. The van der Waals surface area contributed by atoms with Gasteiger partial charge in [-0.25, -0.2) is 20.0 Å². The van der Waals surface area contributed by atoms with Crippen molar-refractivity contribution in [2.75, 3.05) is 40.0 Å². The Morgan fingerprint density at radius 1 is 1.15 bits per heavy atom. The third-order valence-corrected chi connectivity index (χ3v) is 11.0. The molecule has 8 nitrogen and oxygen atoms in total. The summed E-state index contributed by atoms with van der Waals surface area (Å²) in [5.41, 5.74) is 4.84. The zero-order valence-electron chi connectivity index (χ0n) is 23.7. The minimum absolute atomic E-state index is 0.0432. The number of hydrogen-bond acceptors (Lipinski definition) is 6. The van der Waals surface area contributed by atoms with E-state index in [9.17, 15) is 18.0 Å². The molecule has 2 aliphatic carbocycles. The van der Waals surface area contributed by atoms with Crippen LogP contribution in [0, 0.1) is 16.7 Å². The van der Waals surface area contributed by atoms with E-state index >= 15 is 4.39 Å². The Kier molecular flexibility index (Phi) is 6.63. The summed E-state index contributed by atoms with van der Waals surface area (Å²) in [6, 6.07) is 0.721. The second-order valence-corrected chi connectivity index (χ2v) is 13.5. The lowest BCUT2D eigenvalue weighted by Crippen LogP contribution is -2.62. The van der Waals surface area contributed by atoms with Crippen molar-refractivity contribution >= 4 is 5.52 Å². The maximum Gasteiger partial charge on any atom is 0.418 e. The smallest absolute Gasteiger partial charge is 0.380 e. The van der Waals surface area contributed by atoms with Gasteiger partial charge in [0.2, 0.25) is 0 Å². The van der Waals surface area contributed by atoms with Crippen LogP contribution < -0.4 is 16.5 Å². The van der Waals surface area contributed by atoms with Crippen molar-refractivity contribution in [1.82, 2.24) is 29.6 Å². The molecule has 3 aliphatic heterocycles. The zero-order valence-corrected chi connectivity index (χ0v) is 23.7. The quantitative estimate of drug-likeness (QED) is 0.503. The van der Waals surface area contributed by atoms with Gasteiger partial charge in [0, 0.05) is 31.0 Å². The van der Waals surface area contributed by atoms with Gasteiger partial charge in [0.25, 0.3) is 0 Å². The van der Waals surface area contributed by atoms with Gasteiger partial charge in [-0.3, -0.25) is 18.8 Å². The average Bonchev–Trinajstić information content (AvgIpc) is 3.19. The SMILES string of the molecule is C[C@@H](c1cc(C(F)(F)F)c2cn(C3CCCC(C4([C@@H](F)C5NNCN5C)COC4)C3)c(=O)n2c1)N1CCC2(CC2)C1. The van der Waals surface area contributed by atoms with Gasteiger partial charge in [-0.05, 0) is 82.0 Å². The van der Waals surface area contributed by atoms with E-state index in [1.54, 1.807) is 6.20 Å². The molecular weight excluding hydrogens is 540 g/mol. The predicted octanol–water partition coefficient (Wildman–Crippen LogP) is 4.08. The van der Waals surface area contributed by atoms with Gasteiger partial charge in [0.1, 0.15) is 12.3 Å². The van der Waals surface area contributed by atoms with Crippen LogP contribution >= 0.6 is 0 Å². The maximum absolute atomic E-state index is 16.1. The average molecular weight is 581 g/mol. The van der Waals surface area contributed by atoms with Crippen LogP contribution in [-0.2, 0) is 10.9 Å². The number of rotatable bonds is 6. The molecule has 5 heterocycles. The number of ether oxygens (including phenoxy) is 1. The molecule has 2 aromatic heterocycles. The van der Waals surface area contributed by atoms with Crippen LogP contribution in [0.25, 0.3) is 5.52 Å². The molecule has 7 rings (SSSR count). The van der Waals surface area contributed by atoms with Crippen LogP contribution in [0.5, 0.6) is 0 Å². The summed E-state index contributed by atoms with van der Waals surface area (Å²) < 4.78 is 67.5. The Morgan fingerprint density at radius 2 is 1.93 bits per heavy atom. The minimum Gasteiger partial charge on any atom is -0.380 e. The van der Waals surface area contributed by atoms with Gasteiger partial charge < -0.3 is 4.74 Å². The van der Waals surface area contributed by atoms with Crippen molar-refractivity contribution in [3.63, 3.8) is 0 Å². The van der Waals surface area contributed by atoms with Crippen LogP contribution in [0.3, 0.4) is 0 Å². The lowest BCUT2D eigenvalue weighted by atomic mass is 9.63. The molecule has 0 aromatic carbocycles. The highest BCUT2D eigenvalue weighted by molar-refractivity contribution is 5.56. The lowest BCUT2D eigenvalue weighted by molar-refractivity contribution is -0.202. The summed E-state index contributed by atoms with van der Waals surface area (Å²) in [6.07, 6.45) is 2.97. The molecule has 0 amide bonds. The number of nitrogens with one attached hydrogen (secondary N) is 2. The zero-order chi connectivity index (χ0) is 28.7. The molecule has 3 unspecified atom stereocenters. The summed E-state index contributed by atoms with van der Waals surface area (Å²) in [4.78, 5) is 17.9. The standard InChI is InChI=1S/C29H40F4N6O2/c1-18(37-9-8-27(14-37)6-7-27)19-10-22(29(31,32)33)23-13-38(26(40)39(23)12-19)21-5-3-4-20(11-21)28(15-41-16-28)24(30)25-35-34-17-36(25)2/h10,12-13,18,20-21,24-25,34-35H,3-9,11,14-17H2,1-2H3/t18-,20?,21?,24-,25?/m0/s1. The van der Waals surface area contributed by atoms with Gasteiger partial charge in [-0.15, -0.1) is 0 Å². The minimum atomic E-state index is -4.60. The highest BCUT2D eigenvalue weighted by Crippen LogP contribution is 2.54. The number of nitrogens with zero attached hydrogens (tertiary/aromatic N) is 4. The number of halogens is 4. The summed E-state index contributed by atoms with van der Waals surface area (Å²) in [6.45, 7) is 4.85. The summed E-state index contributed by atoms with van der Waals surface area (Å²) >= 11 is 0. The molecule has 2 N–H and O–H groups in total. The van der Waals surface area contributed by atoms with E-state index < -0.39 is 35.2 Å². The highest BCUT2D eigenvalue weighted by Gasteiger charge is 2.56. The van der Waals surface area contributed by atoms with E-state index in [2.05, 4.69) is 15.8 Å². The Balaban J connectivity index is 1.20. The van der Waals surface area contributed by atoms with Gasteiger partial charge in [-0.2, -0.15) is 13.2 Å². The van der Waals surface area contributed by atoms with E-state index in [0.29, 0.717) is 43.7 Å². The first-order chi connectivity index (χ1) is 19.5. The van der Waals surface area contributed by atoms with Gasteiger partial charge in [0.05, 0.1) is 36.4 Å². The molecule has 2 saturated carbocycles. The summed E-state index contributed by atoms with van der Waals surface area (Å²) in [5.74, 6) is -0.0432. The van der Waals surface area contributed by atoms with Crippen molar-refractivity contribution < 1.29 is 22.3 Å². The molecule has 5 aliphatic rings. The molecule has 5 fully saturated rings. The molecule has 3 saturated heterocycles. The van der Waals surface area contributed by atoms with Crippen molar-refractivity contribution in [3.05, 3.63) is 40.1 Å². The Morgan fingerprint density at radius 3 is 2.54 bits per heavy atom. The Hall–Kier alpha value is -1.99. The second kappa shape index (κ2) is 9.77. The first-order valence-corrected chi connectivity index (χ1v) is 15.0. The van der Waals surface area contributed by atoms with Crippen LogP contribution in [0.1, 0.15) is 75.1 Å².